The van der Waals surface area contributed by atoms with Crippen molar-refractivity contribution >= 4 is 21.8 Å². The molecular formula is C27H31N3O4S. The van der Waals surface area contributed by atoms with Crippen LogP contribution in [0.2, 0.25) is 0 Å². The van der Waals surface area contributed by atoms with Crippen LogP contribution in [-0.4, -0.2) is 34.0 Å². The second kappa shape index (κ2) is 10.9. The van der Waals surface area contributed by atoms with E-state index in [4.69, 9.17) is 4.74 Å². The minimum absolute atomic E-state index is 0.182. The van der Waals surface area contributed by atoms with Crippen molar-refractivity contribution in [3.63, 3.8) is 0 Å². The molecule has 184 valence electrons. The highest BCUT2D eigenvalue weighted by atomic mass is 32.2. The third-order valence-electron chi connectivity index (χ3n) is 6.62. The summed E-state index contributed by atoms with van der Waals surface area (Å²) in [4.78, 5) is 13.0. The van der Waals surface area contributed by atoms with Gasteiger partial charge in [-0.05, 0) is 55.5 Å². The van der Waals surface area contributed by atoms with E-state index in [1.807, 2.05) is 36.4 Å². The zero-order valence-electron chi connectivity index (χ0n) is 19.7. The molecule has 0 heterocycles. The molecule has 0 aliphatic heterocycles. The largest absolute Gasteiger partial charge is 0.496 e. The molecule has 1 fully saturated rings. The van der Waals surface area contributed by atoms with Crippen LogP contribution in [0.25, 0.3) is 0 Å². The Bertz CT molecular complexity index is 1230. The zero-order chi connectivity index (χ0) is 24.7. The second-order valence-corrected chi connectivity index (χ2v) is 10.3. The molecule has 3 aromatic carbocycles. The van der Waals surface area contributed by atoms with Crippen molar-refractivity contribution in [2.75, 3.05) is 18.4 Å². The summed E-state index contributed by atoms with van der Waals surface area (Å²) < 4.78 is 36.0. The molecule has 0 unspecified atom stereocenters. The zero-order valence-corrected chi connectivity index (χ0v) is 20.6. The van der Waals surface area contributed by atoms with E-state index in [2.05, 4.69) is 26.9 Å². The molecule has 0 spiro atoms. The Morgan fingerprint density at radius 3 is 2.17 bits per heavy atom. The lowest BCUT2D eigenvalue weighted by molar-refractivity contribution is 0.0932. The summed E-state index contributed by atoms with van der Waals surface area (Å²) in [5.74, 6) is 0.343. The molecule has 8 heteroatoms. The van der Waals surface area contributed by atoms with Gasteiger partial charge in [0, 0.05) is 23.7 Å². The number of ether oxygens (including phenoxy) is 1. The SMILES string of the molecule is COc1ccccc1C(=O)NC[C@]1(c2ccccc2)CC[C@@H](NS(=O)(=O)Nc2ccccc2)CC1. The predicted molar refractivity (Wildman–Crippen MR) is 138 cm³/mol. The van der Waals surface area contributed by atoms with Gasteiger partial charge < -0.3 is 10.1 Å². The van der Waals surface area contributed by atoms with Gasteiger partial charge in [-0.3, -0.25) is 9.52 Å². The van der Waals surface area contributed by atoms with Gasteiger partial charge in [0.15, 0.2) is 0 Å². The van der Waals surface area contributed by atoms with Crippen LogP contribution in [0.1, 0.15) is 41.6 Å². The summed E-state index contributed by atoms with van der Waals surface area (Å²) in [7, 11) is -2.14. The normalized spacial score (nSPS) is 20.1. The molecule has 1 aliphatic rings. The molecular weight excluding hydrogens is 462 g/mol. The minimum Gasteiger partial charge on any atom is -0.496 e. The molecule has 0 aromatic heterocycles. The van der Waals surface area contributed by atoms with Crippen molar-refractivity contribution in [2.24, 2.45) is 0 Å². The number of hydrogen-bond acceptors (Lipinski definition) is 4. The lowest BCUT2D eigenvalue weighted by Gasteiger charge is -2.41. The Hall–Kier alpha value is -3.36. The van der Waals surface area contributed by atoms with Crippen LogP contribution in [-0.2, 0) is 15.6 Å². The number of methoxy groups -OCH3 is 1. The van der Waals surface area contributed by atoms with Gasteiger partial charge in [0.1, 0.15) is 5.75 Å². The average molecular weight is 494 g/mol. The fourth-order valence-electron chi connectivity index (χ4n) is 4.73. The minimum atomic E-state index is -3.69. The number of para-hydroxylation sites is 2. The Kier molecular flexibility index (Phi) is 7.73. The molecule has 35 heavy (non-hydrogen) atoms. The first-order valence-electron chi connectivity index (χ1n) is 11.7. The van der Waals surface area contributed by atoms with Gasteiger partial charge in [-0.2, -0.15) is 13.1 Å². The smallest absolute Gasteiger partial charge is 0.299 e. The Morgan fingerprint density at radius 2 is 1.51 bits per heavy atom. The number of hydrogen-bond donors (Lipinski definition) is 3. The predicted octanol–water partition coefficient (Wildman–Crippen LogP) is 4.25. The molecule has 1 saturated carbocycles. The van der Waals surface area contributed by atoms with Gasteiger partial charge in [-0.1, -0.05) is 60.7 Å². The number of carbonyl (C=O) groups is 1. The third kappa shape index (κ3) is 6.21. The molecule has 7 nitrogen and oxygen atoms in total. The molecule has 3 N–H and O–H groups in total. The van der Waals surface area contributed by atoms with Crippen molar-refractivity contribution in [3.05, 3.63) is 96.1 Å². The monoisotopic (exact) mass is 493 g/mol. The van der Waals surface area contributed by atoms with Crippen LogP contribution >= 0.6 is 0 Å². The number of rotatable bonds is 9. The van der Waals surface area contributed by atoms with Gasteiger partial charge in [-0.15, -0.1) is 0 Å². The summed E-state index contributed by atoms with van der Waals surface area (Å²) in [6.07, 6.45) is 2.80. The summed E-state index contributed by atoms with van der Waals surface area (Å²) in [6.45, 7) is 0.454. The van der Waals surface area contributed by atoms with Gasteiger partial charge in [0.2, 0.25) is 0 Å². The number of anilines is 1. The highest BCUT2D eigenvalue weighted by Crippen LogP contribution is 2.39. The van der Waals surface area contributed by atoms with Crippen LogP contribution in [0.15, 0.2) is 84.9 Å². The van der Waals surface area contributed by atoms with E-state index in [1.165, 1.54) is 0 Å². The fourth-order valence-corrected chi connectivity index (χ4v) is 5.91. The molecule has 4 rings (SSSR count). The van der Waals surface area contributed by atoms with Crippen LogP contribution in [0, 0.1) is 0 Å². The Balaban J connectivity index is 1.44. The van der Waals surface area contributed by atoms with E-state index in [0.29, 0.717) is 36.4 Å². The van der Waals surface area contributed by atoms with Crippen molar-refractivity contribution in [3.8, 4) is 5.75 Å². The average Bonchev–Trinajstić information content (AvgIpc) is 2.89. The van der Waals surface area contributed by atoms with Crippen LogP contribution in [0.5, 0.6) is 5.75 Å². The van der Waals surface area contributed by atoms with E-state index in [1.54, 1.807) is 43.5 Å². The first-order valence-corrected chi connectivity index (χ1v) is 13.2. The van der Waals surface area contributed by atoms with Gasteiger partial charge in [0.05, 0.1) is 12.7 Å². The van der Waals surface area contributed by atoms with Gasteiger partial charge >= 0.3 is 0 Å². The molecule has 1 amide bonds. The second-order valence-electron chi connectivity index (χ2n) is 8.89. The number of benzene rings is 3. The molecule has 0 bridgehead atoms. The summed E-state index contributed by atoms with van der Waals surface area (Å²) >= 11 is 0. The highest BCUT2D eigenvalue weighted by Gasteiger charge is 2.38. The first-order chi connectivity index (χ1) is 16.9. The maximum absolute atomic E-state index is 13.0. The summed E-state index contributed by atoms with van der Waals surface area (Å²) in [5, 5.41) is 3.11. The molecule has 0 atom stereocenters. The van der Waals surface area contributed by atoms with E-state index in [9.17, 15) is 13.2 Å². The van der Waals surface area contributed by atoms with E-state index in [0.717, 1.165) is 18.4 Å². The third-order valence-corrected chi connectivity index (χ3v) is 7.76. The topological polar surface area (TPSA) is 96.5 Å². The first kappa shape index (κ1) is 24.8. The number of amides is 1. The van der Waals surface area contributed by atoms with Gasteiger partial charge in [0.25, 0.3) is 16.1 Å². The van der Waals surface area contributed by atoms with E-state index in [-0.39, 0.29) is 17.4 Å². The lowest BCUT2D eigenvalue weighted by atomic mass is 9.68. The van der Waals surface area contributed by atoms with Crippen molar-refractivity contribution in [1.82, 2.24) is 10.0 Å². The van der Waals surface area contributed by atoms with Crippen molar-refractivity contribution < 1.29 is 17.9 Å². The fraction of sp³-hybridized carbons (Fsp3) is 0.296. The maximum atomic E-state index is 13.0. The van der Waals surface area contributed by atoms with E-state index < -0.39 is 10.2 Å². The summed E-state index contributed by atoms with van der Waals surface area (Å²) in [5.41, 5.74) is 1.87. The Labute approximate surface area is 207 Å². The Morgan fingerprint density at radius 1 is 0.914 bits per heavy atom. The molecule has 0 saturated heterocycles. The van der Waals surface area contributed by atoms with Crippen LogP contribution < -0.4 is 19.5 Å². The van der Waals surface area contributed by atoms with Crippen molar-refractivity contribution in [1.29, 1.82) is 0 Å². The molecule has 0 radical (unpaired) electrons. The number of nitrogens with one attached hydrogen (secondary N) is 3. The lowest BCUT2D eigenvalue weighted by Crippen LogP contribution is -2.48. The van der Waals surface area contributed by atoms with E-state index >= 15 is 0 Å². The quantitative estimate of drug-likeness (QED) is 0.415. The molecule has 3 aromatic rings. The van der Waals surface area contributed by atoms with Gasteiger partial charge in [-0.25, -0.2) is 0 Å². The van der Waals surface area contributed by atoms with Crippen LogP contribution in [0.4, 0.5) is 5.69 Å². The summed E-state index contributed by atoms with van der Waals surface area (Å²) in [6, 6.07) is 25.9. The highest BCUT2D eigenvalue weighted by molar-refractivity contribution is 7.90. The van der Waals surface area contributed by atoms with Crippen molar-refractivity contribution in [2.45, 2.75) is 37.1 Å². The maximum Gasteiger partial charge on any atom is 0.299 e. The van der Waals surface area contributed by atoms with Crippen LogP contribution in [0.3, 0.4) is 0 Å². The molecule has 1 aliphatic carbocycles. The number of carbonyl (C=O) groups excluding carboxylic acids is 1. The standard InChI is InChI=1S/C27H31N3O4S/c1-34-25-15-9-8-14-24(25)26(31)28-20-27(21-10-4-2-5-11-21)18-16-23(17-19-27)30-35(32,33)29-22-12-6-3-7-13-22/h2-15,23,29-30H,16-20H2,1H3,(H,28,31)/t23-,27+.